The molecular weight excluding hydrogens is 286 g/mol. The van der Waals surface area contributed by atoms with Gasteiger partial charge in [-0.05, 0) is 38.7 Å². The van der Waals surface area contributed by atoms with E-state index in [0.717, 1.165) is 17.9 Å². The van der Waals surface area contributed by atoms with Gasteiger partial charge in [0.2, 0.25) is 5.88 Å². The van der Waals surface area contributed by atoms with Gasteiger partial charge in [-0.15, -0.1) is 0 Å². The molecule has 1 aliphatic carbocycles. The number of hydrogen-bond donors (Lipinski definition) is 0. The van der Waals surface area contributed by atoms with E-state index in [-0.39, 0.29) is 0 Å². The summed E-state index contributed by atoms with van der Waals surface area (Å²) in [4.78, 5) is 10.9. The fraction of sp³-hybridized carbons (Fsp3) is 0.625. The van der Waals surface area contributed by atoms with Crippen molar-refractivity contribution in [1.29, 1.82) is 0 Å². The zero-order chi connectivity index (χ0) is 15.2. The highest BCUT2D eigenvalue weighted by atomic mass is 35.5. The first kappa shape index (κ1) is 16.1. The first-order valence-corrected chi connectivity index (χ1v) is 8.02. The van der Waals surface area contributed by atoms with E-state index in [1.807, 2.05) is 24.9 Å². The van der Waals surface area contributed by atoms with Crippen molar-refractivity contribution in [3.63, 3.8) is 0 Å². The maximum atomic E-state index is 6.26. The van der Waals surface area contributed by atoms with Crippen LogP contribution in [-0.4, -0.2) is 36.4 Å². The van der Waals surface area contributed by atoms with Crippen LogP contribution in [0.4, 0.5) is 5.69 Å². The van der Waals surface area contributed by atoms with Crippen molar-refractivity contribution in [3.05, 3.63) is 16.8 Å². The Balaban J connectivity index is 2.03. The van der Waals surface area contributed by atoms with Gasteiger partial charge in [-0.25, -0.2) is 9.98 Å². The first-order valence-electron chi connectivity index (χ1n) is 7.64. The van der Waals surface area contributed by atoms with Crippen LogP contribution in [0.25, 0.3) is 0 Å². The van der Waals surface area contributed by atoms with Gasteiger partial charge in [-0.2, -0.15) is 0 Å². The Labute approximate surface area is 132 Å². The van der Waals surface area contributed by atoms with Crippen molar-refractivity contribution in [1.82, 2.24) is 9.88 Å². The molecule has 2 rings (SSSR count). The highest BCUT2D eigenvalue weighted by molar-refractivity contribution is 6.32. The third-order valence-corrected chi connectivity index (χ3v) is 4.20. The number of hydrogen-bond acceptors (Lipinski definition) is 3. The highest BCUT2D eigenvalue weighted by Crippen LogP contribution is 2.31. The minimum absolute atomic E-state index is 0.531. The Hall–Kier alpha value is -1.29. The van der Waals surface area contributed by atoms with E-state index in [9.17, 15) is 0 Å². The molecule has 1 heterocycles. The van der Waals surface area contributed by atoms with Gasteiger partial charge in [0.25, 0.3) is 0 Å². The number of aliphatic imine (C=N–C) groups is 1. The maximum absolute atomic E-state index is 6.26. The van der Waals surface area contributed by atoms with E-state index in [0.29, 0.717) is 23.4 Å². The molecule has 0 unspecified atom stereocenters. The number of pyridine rings is 1. The Bertz CT molecular complexity index is 499. The molecule has 5 heteroatoms. The van der Waals surface area contributed by atoms with E-state index in [2.05, 4.69) is 16.9 Å². The molecule has 0 aromatic carbocycles. The van der Waals surface area contributed by atoms with Crippen LogP contribution in [0.2, 0.25) is 5.02 Å². The summed E-state index contributed by atoms with van der Waals surface area (Å²) in [6.07, 6.45) is 6.92. The Morgan fingerprint density at radius 2 is 2.19 bits per heavy atom. The van der Waals surface area contributed by atoms with Crippen LogP contribution in [0.3, 0.4) is 0 Å². The molecule has 1 aromatic rings. The Morgan fingerprint density at radius 1 is 1.48 bits per heavy atom. The Kier molecular flexibility index (Phi) is 5.85. The monoisotopic (exact) mass is 309 g/mol. The Morgan fingerprint density at radius 3 is 2.86 bits per heavy atom. The van der Waals surface area contributed by atoms with Crippen molar-refractivity contribution in [2.45, 2.75) is 39.5 Å². The smallest absolute Gasteiger partial charge is 0.232 e. The van der Waals surface area contributed by atoms with Gasteiger partial charge in [0.05, 0.1) is 24.3 Å². The summed E-state index contributed by atoms with van der Waals surface area (Å²) in [6, 6.07) is 1.83. The molecule has 0 atom stereocenters. The van der Waals surface area contributed by atoms with E-state index in [4.69, 9.17) is 16.3 Å². The van der Waals surface area contributed by atoms with Gasteiger partial charge >= 0.3 is 0 Å². The normalized spacial score (nSPS) is 15.8. The molecule has 0 amide bonds. The fourth-order valence-electron chi connectivity index (χ4n) is 2.40. The van der Waals surface area contributed by atoms with Crippen LogP contribution in [0.5, 0.6) is 5.88 Å². The van der Waals surface area contributed by atoms with Gasteiger partial charge in [0, 0.05) is 13.6 Å². The van der Waals surface area contributed by atoms with E-state index >= 15 is 0 Å². The minimum atomic E-state index is 0.531. The molecule has 0 saturated heterocycles. The summed E-state index contributed by atoms with van der Waals surface area (Å²) in [5.74, 6) is 1.18. The molecule has 1 aliphatic rings. The van der Waals surface area contributed by atoms with Crippen LogP contribution in [0.1, 0.15) is 38.3 Å². The average molecular weight is 310 g/mol. The molecule has 4 nitrogen and oxygen atoms in total. The number of aromatic nitrogens is 1. The number of rotatable bonds is 6. The van der Waals surface area contributed by atoms with Crippen LogP contribution in [0, 0.1) is 12.8 Å². The lowest BCUT2D eigenvalue weighted by Crippen LogP contribution is -2.14. The lowest BCUT2D eigenvalue weighted by atomic mass is 10.1. The van der Waals surface area contributed by atoms with Gasteiger partial charge < -0.3 is 9.64 Å². The van der Waals surface area contributed by atoms with E-state index in [1.165, 1.54) is 25.7 Å². The van der Waals surface area contributed by atoms with Crippen LogP contribution < -0.4 is 4.74 Å². The van der Waals surface area contributed by atoms with Gasteiger partial charge in [0.1, 0.15) is 5.02 Å². The minimum Gasteiger partial charge on any atom is -0.476 e. The second-order valence-corrected chi connectivity index (χ2v) is 6.07. The van der Waals surface area contributed by atoms with Crippen molar-refractivity contribution in [2.24, 2.45) is 10.9 Å². The fourth-order valence-corrected chi connectivity index (χ4v) is 2.60. The summed E-state index contributed by atoms with van der Waals surface area (Å²) < 4.78 is 5.80. The zero-order valence-electron chi connectivity index (χ0n) is 13.1. The quantitative estimate of drug-likeness (QED) is 0.583. The zero-order valence-corrected chi connectivity index (χ0v) is 13.9. The summed E-state index contributed by atoms with van der Waals surface area (Å²) in [5.41, 5.74) is 1.62. The second kappa shape index (κ2) is 7.64. The molecule has 1 saturated carbocycles. The number of halogens is 1. The molecule has 116 valence electrons. The highest BCUT2D eigenvalue weighted by Gasteiger charge is 2.17. The molecule has 0 spiro atoms. The molecule has 0 aliphatic heterocycles. The van der Waals surface area contributed by atoms with Crippen LogP contribution in [-0.2, 0) is 0 Å². The average Bonchev–Trinajstić information content (AvgIpc) is 2.99. The molecule has 1 aromatic heterocycles. The molecule has 0 N–H and O–H groups in total. The SMILES string of the molecule is CCN(C)C=Nc1cc(Cl)c(OCC2CCCC2)nc1C. The molecule has 0 radical (unpaired) electrons. The lowest BCUT2D eigenvalue weighted by Gasteiger charge is -2.13. The standard InChI is InChI=1S/C16H24ClN3O/c1-4-20(3)11-18-15-9-14(17)16(19-12(15)2)21-10-13-7-5-6-8-13/h9,11,13H,4-8,10H2,1-3H3. The number of aryl methyl sites for hydroxylation is 1. The molecule has 0 bridgehead atoms. The molecular formula is C16H24ClN3O. The van der Waals surface area contributed by atoms with Crippen molar-refractivity contribution in [2.75, 3.05) is 20.2 Å². The summed E-state index contributed by atoms with van der Waals surface area (Å²) in [7, 11) is 1.98. The molecule has 1 fully saturated rings. The third kappa shape index (κ3) is 4.60. The van der Waals surface area contributed by atoms with Crippen LogP contribution in [0.15, 0.2) is 11.1 Å². The van der Waals surface area contributed by atoms with Gasteiger partial charge in [-0.3, -0.25) is 0 Å². The second-order valence-electron chi connectivity index (χ2n) is 5.66. The summed E-state index contributed by atoms with van der Waals surface area (Å²) >= 11 is 6.26. The third-order valence-electron chi connectivity index (χ3n) is 3.93. The molecule has 21 heavy (non-hydrogen) atoms. The number of nitrogens with zero attached hydrogens (tertiary/aromatic N) is 3. The largest absolute Gasteiger partial charge is 0.476 e. The summed E-state index contributed by atoms with van der Waals surface area (Å²) in [6.45, 7) is 5.63. The van der Waals surface area contributed by atoms with Gasteiger partial charge in [0.15, 0.2) is 0 Å². The van der Waals surface area contributed by atoms with Crippen molar-refractivity contribution < 1.29 is 4.74 Å². The van der Waals surface area contributed by atoms with E-state index in [1.54, 1.807) is 6.34 Å². The van der Waals surface area contributed by atoms with Gasteiger partial charge in [-0.1, -0.05) is 24.4 Å². The first-order chi connectivity index (χ1) is 10.1. The summed E-state index contributed by atoms with van der Waals surface area (Å²) in [5, 5.41) is 0.532. The maximum Gasteiger partial charge on any atom is 0.232 e. The topological polar surface area (TPSA) is 37.7 Å². The lowest BCUT2D eigenvalue weighted by molar-refractivity contribution is 0.243. The van der Waals surface area contributed by atoms with E-state index < -0.39 is 0 Å². The predicted molar refractivity (Wildman–Crippen MR) is 87.9 cm³/mol. The number of ether oxygens (including phenoxy) is 1. The predicted octanol–water partition coefficient (Wildman–Crippen LogP) is 4.22. The van der Waals surface area contributed by atoms with Crippen LogP contribution >= 0.6 is 11.6 Å². The van der Waals surface area contributed by atoms with Crippen molar-refractivity contribution >= 4 is 23.6 Å². The van der Waals surface area contributed by atoms with Crippen molar-refractivity contribution in [3.8, 4) is 5.88 Å².